The maximum Gasteiger partial charge on any atom is 0.0470 e. The lowest BCUT2D eigenvalue weighted by Crippen LogP contribution is -2.06. The second-order valence-electron chi connectivity index (χ2n) is 3.52. The van der Waals surface area contributed by atoms with Gasteiger partial charge in [0.2, 0.25) is 0 Å². The van der Waals surface area contributed by atoms with Gasteiger partial charge in [-0.1, -0.05) is 18.2 Å². The zero-order valence-corrected chi connectivity index (χ0v) is 10.2. The van der Waals surface area contributed by atoms with Crippen LogP contribution >= 0.6 is 11.8 Å². The van der Waals surface area contributed by atoms with Gasteiger partial charge >= 0.3 is 0 Å². The van der Waals surface area contributed by atoms with E-state index >= 15 is 0 Å². The normalized spacial score (nSPS) is 12.7. The van der Waals surface area contributed by atoms with E-state index in [0.717, 1.165) is 18.8 Å². The molecule has 0 aliphatic carbocycles. The van der Waals surface area contributed by atoms with Crippen molar-refractivity contribution in [3.8, 4) is 0 Å². The molecule has 1 aromatic carbocycles. The van der Waals surface area contributed by atoms with Crippen molar-refractivity contribution in [1.82, 2.24) is 0 Å². The van der Waals surface area contributed by atoms with Crippen molar-refractivity contribution in [2.75, 3.05) is 19.5 Å². The Morgan fingerprint density at radius 3 is 2.80 bits per heavy atom. The minimum atomic E-state index is 0.108. The van der Waals surface area contributed by atoms with Crippen LogP contribution in [0.15, 0.2) is 29.2 Å². The van der Waals surface area contributed by atoms with Crippen molar-refractivity contribution in [2.45, 2.75) is 24.3 Å². The average molecular weight is 225 g/mol. The van der Waals surface area contributed by atoms with Crippen LogP contribution in [0, 0.1) is 0 Å². The van der Waals surface area contributed by atoms with Gasteiger partial charge in [0.1, 0.15) is 0 Å². The summed E-state index contributed by atoms with van der Waals surface area (Å²) in [4.78, 5) is 1.30. The first-order valence-electron chi connectivity index (χ1n) is 5.22. The zero-order valence-electron chi connectivity index (χ0n) is 9.40. The second kappa shape index (κ2) is 6.88. The lowest BCUT2D eigenvalue weighted by molar-refractivity contribution is 0.200. The highest BCUT2D eigenvalue weighted by atomic mass is 32.2. The minimum absolute atomic E-state index is 0.108. The first-order valence-corrected chi connectivity index (χ1v) is 6.20. The predicted molar refractivity (Wildman–Crippen MR) is 66.3 cm³/mol. The lowest BCUT2D eigenvalue weighted by atomic mass is 10.1. The molecule has 1 aromatic rings. The number of hydrogen-bond donors (Lipinski definition) is 1. The van der Waals surface area contributed by atoms with Crippen LogP contribution in [0.5, 0.6) is 0 Å². The van der Waals surface area contributed by atoms with Gasteiger partial charge in [0.05, 0.1) is 0 Å². The third kappa shape index (κ3) is 4.24. The van der Waals surface area contributed by atoms with Gasteiger partial charge < -0.3 is 10.5 Å². The van der Waals surface area contributed by atoms with Crippen molar-refractivity contribution in [2.24, 2.45) is 5.73 Å². The molecule has 0 aliphatic heterocycles. The number of methoxy groups -OCH3 is 1. The summed E-state index contributed by atoms with van der Waals surface area (Å²) in [6.07, 6.45) is 1.08. The molecule has 1 rings (SSSR count). The summed E-state index contributed by atoms with van der Waals surface area (Å²) < 4.78 is 5.02. The number of ether oxygens (including phenoxy) is 1. The van der Waals surface area contributed by atoms with Crippen LogP contribution in [0.25, 0.3) is 0 Å². The summed E-state index contributed by atoms with van der Waals surface area (Å²) in [5, 5.41) is 0. The van der Waals surface area contributed by atoms with Gasteiger partial charge in [0.25, 0.3) is 0 Å². The Morgan fingerprint density at radius 2 is 2.13 bits per heavy atom. The van der Waals surface area contributed by atoms with E-state index < -0.39 is 0 Å². The van der Waals surface area contributed by atoms with Crippen molar-refractivity contribution in [3.63, 3.8) is 0 Å². The summed E-state index contributed by atoms with van der Waals surface area (Å²) in [7, 11) is 1.74. The molecule has 0 heterocycles. The lowest BCUT2D eigenvalue weighted by Gasteiger charge is -2.11. The van der Waals surface area contributed by atoms with Crippen LogP contribution in [0.4, 0.5) is 0 Å². The Bertz CT molecular complexity index is 289. The Labute approximate surface area is 96.2 Å². The number of benzene rings is 1. The fourth-order valence-electron chi connectivity index (χ4n) is 1.37. The molecular weight excluding hydrogens is 206 g/mol. The number of thioether (sulfide) groups is 1. The fraction of sp³-hybridized carbons (Fsp3) is 0.500. The van der Waals surface area contributed by atoms with Crippen LogP contribution in [-0.4, -0.2) is 19.5 Å². The van der Waals surface area contributed by atoms with E-state index in [1.54, 1.807) is 7.11 Å². The highest BCUT2D eigenvalue weighted by Gasteiger charge is 2.05. The highest BCUT2D eigenvalue weighted by Crippen LogP contribution is 2.26. The Morgan fingerprint density at radius 1 is 1.40 bits per heavy atom. The van der Waals surface area contributed by atoms with Crippen LogP contribution in [0.1, 0.15) is 24.9 Å². The largest absolute Gasteiger partial charge is 0.385 e. The van der Waals surface area contributed by atoms with Gasteiger partial charge in [0, 0.05) is 30.4 Å². The Balaban J connectivity index is 2.52. The van der Waals surface area contributed by atoms with E-state index in [-0.39, 0.29) is 6.04 Å². The topological polar surface area (TPSA) is 35.2 Å². The molecule has 0 saturated heterocycles. The van der Waals surface area contributed by atoms with Gasteiger partial charge in [-0.3, -0.25) is 0 Å². The molecule has 3 heteroatoms. The maximum absolute atomic E-state index is 5.91. The smallest absolute Gasteiger partial charge is 0.0470 e. The molecule has 0 fully saturated rings. The third-order valence-electron chi connectivity index (χ3n) is 2.16. The molecule has 2 N–H and O–H groups in total. The van der Waals surface area contributed by atoms with E-state index in [1.165, 1.54) is 10.5 Å². The van der Waals surface area contributed by atoms with Crippen molar-refractivity contribution >= 4 is 11.8 Å². The fourth-order valence-corrected chi connectivity index (χ4v) is 2.45. The van der Waals surface area contributed by atoms with E-state index in [1.807, 2.05) is 24.8 Å². The Hall–Kier alpha value is -0.510. The molecule has 0 aromatic heterocycles. The average Bonchev–Trinajstić information content (AvgIpc) is 2.25. The van der Waals surface area contributed by atoms with Crippen molar-refractivity contribution < 1.29 is 4.74 Å². The number of rotatable bonds is 6. The molecular formula is C12H19NOS. The highest BCUT2D eigenvalue weighted by molar-refractivity contribution is 7.99. The van der Waals surface area contributed by atoms with Crippen LogP contribution in [0.2, 0.25) is 0 Å². The second-order valence-corrected chi connectivity index (χ2v) is 4.66. The van der Waals surface area contributed by atoms with Gasteiger partial charge in [-0.15, -0.1) is 11.8 Å². The van der Waals surface area contributed by atoms with Gasteiger partial charge in [-0.05, 0) is 25.0 Å². The molecule has 0 unspecified atom stereocenters. The zero-order chi connectivity index (χ0) is 11.1. The summed E-state index contributed by atoms with van der Waals surface area (Å²) >= 11 is 1.86. The monoisotopic (exact) mass is 225 g/mol. The van der Waals surface area contributed by atoms with Crippen molar-refractivity contribution in [1.29, 1.82) is 0 Å². The quantitative estimate of drug-likeness (QED) is 0.597. The summed E-state index contributed by atoms with van der Waals surface area (Å²) in [5.74, 6) is 1.08. The summed E-state index contributed by atoms with van der Waals surface area (Å²) in [5.41, 5.74) is 7.14. The first-order chi connectivity index (χ1) is 7.25. The summed E-state index contributed by atoms with van der Waals surface area (Å²) in [6.45, 7) is 2.85. The van der Waals surface area contributed by atoms with Gasteiger partial charge in [0.15, 0.2) is 0 Å². The molecule has 0 radical (unpaired) electrons. The molecule has 84 valence electrons. The number of hydrogen-bond acceptors (Lipinski definition) is 3. The van der Waals surface area contributed by atoms with Crippen LogP contribution in [-0.2, 0) is 4.74 Å². The van der Waals surface area contributed by atoms with E-state index in [2.05, 4.69) is 18.2 Å². The summed E-state index contributed by atoms with van der Waals surface area (Å²) in [6, 6.07) is 8.44. The Kier molecular flexibility index (Phi) is 5.76. The SMILES string of the molecule is COCCCSc1ccccc1[C@@H](C)N. The predicted octanol–water partition coefficient (Wildman–Crippen LogP) is 2.83. The molecule has 15 heavy (non-hydrogen) atoms. The van der Waals surface area contributed by atoms with Gasteiger partial charge in [-0.25, -0.2) is 0 Å². The minimum Gasteiger partial charge on any atom is -0.385 e. The van der Waals surface area contributed by atoms with Gasteiger partial charge in [-0.2, -0.15) is 0 Å². The molecule has 2 nitrogen and oxygen atoms in total. The van der Waals surface area contributed by atoms with E-state index in [4.69, 9.17) is 10.5 Å². The van der Waals surface area contributed by atoms with E-state index in [9.17, 15) is 0 Å². The van der Waals surface area contributed by atoms with E-state index in [0.29, 0.717) is 0 Å². The third-order valence-corrected chi connectivity index (χ3v) is 3.34. The molecule has 0 bridgehead atoms. The van der Waals surface area contributed by atoms with Crippen molar-refractivity contribution in [3.05, 3.63) is 29.8 Å². The number of nitrogens with two attached hydrogens (primary N) is 1. The molecule has 0 aliphatic rings. The molecule has 0 amide bonds. The maximum atomic E-state index is 5.91. The molecule has 0 saturated carbocycles. The standard InChI is InChI=1S/C12H19NOS/c1-10(13)11-6-3-4-7-12(11)15-9-5-8-14-2/h3-4,6-7,10H,5,8-9,13H2,1-2H3/t10-/m1/s1. The van der Waals surface area contributed by atoms with Crippen LogP contribution in [0.3, 0.4) is 0 Å². The van der Waals surface area contributed by atoms with Crippen LogP contribution < -0.4 is 5.73 Å². The molecule has 0 spiro atoms. The molecule has 1 atom stereocenters. The first kappa shape index (κ1) is 12.6.